The second-order valence-electron chi connectivity index (χ2n) is 22.4. The van der Waals surface area contributed by atoms with Crippen molar-refractivity contribution in [1.29, 1.82) is 0 Å². The minimum atomic E-state index is 0.889. The lowest BCUT2D eigenvalue weighted by molar-refractivity contribution is 1.15. The minimum Gasteiger partial charge on any atom is -0.309 e. The quantitative estimate of drug-likeness (QED) is 0.152. The molecule has 0 bridgehead atoms. The molecule has 0 amide bonds. The first-order valence-corrected chi connectivity index (χ1v) is 29.8. The van der Waals surface area contributed by atoms with Crippen LogP contribution in [0.2, 0.25) is 0 Å². The topological polar surface area (TPSA) is 58.4 Å². The number of para-hydroxylation sites is 8. The van der Waals surface area contributed by atoms with Crippen LogP contribution in [0.15, 0.2) is 322 Å². The molecule has 7 heteroatoms. The van der Waals surface area contributed by atoms with Gasteiger partial charge < -0.3 is 18.3 Å². The van der Waals surface area contributed by atoms with Gasteiger partial charge in [0.05, 0.1) is 55.5 Å². The number of rotatable bonds is 8. The zero-order chi connectivity index (χ0) is 58.1. The molecule has 0 atom stereocenters. The number of hydrogen-bond acceptors (Lipinski definition) is 3. The maximum absolute atomic E-state index is 4.71. The van der Waals surface area contributed by atoms with Crippen molar-refractivity contribution in [3.63, 3.8) is 0 Å². The van der Waals surface area contributed by atoms with Crippen molar-refractivity contribution in [3.05, 3.63) is 322 Å². The smallest absolute Gasteiger partial charge is 0.116 e. The third kappa shape index (κ3) is 8.47. The lowest BCUT2D eigenvalue weighted by Crippen LogP contribution is -1.96. The van der Waals surface area contributed by atoms with Crippen molar-refractivity contribution in [2.24, 2.45) is 0 Å². The van der Waals surface area contributed by atoms with Crippen molar-refractivity contribution in [2.75, 3.05) is 0 Å². The molecule has 0 unspecified atom stereocenters. The molecular formula is C81H53N7. The van der Waals surface area contributed by atoms with Crippen LogP contribution in [-0.2, 0) is 0 Å². The number of pyridine rings is 1. The number of aromatic nitrogens is 7. The van der Waals surface area contributed by atoms with Crippen molar-refractivity contribution < 1.29 is 0 Å². The molecule has 12 aromatic carbocycles. The van der Waals surface area contributed by atoms with Gasteiger partial charge in [-0.1, -0.05) is 194 Å². The average molecular weight is 1120 g/mol. The molecule has 6 aromatic heterocycles. The Labute approximate surface area is 507 Å². The van der Waals surface area contributed by atoms with Crippen LogP contribution in [0.4, 0.5) is 0 Å². The Hall–Kier alpha value is -11.9. The molecule has 88 heavy (non-hydrogen) atoms. The van der Waals surface area contributed by atoms with Gasteiger partial charge in [-0.25, -0.2) is 9.97 Å². The summed E-state index contributed by atoms with van der Waals surface area (Å²) < 4.78 is 9.40. The highest BCUT2D eigenvalue weighted by Gasteiger charge is 2.18. The van der Waals surface area contributed by atoms with E-state index in [1.807, 2.05) is 12.4 Å². The Bertz CT molecular complexity index is 4830. The molecule has 0 saturated heterocycles. The number of nitrogens with zero attached hydrogens (tertiary/aromatic N) is 7. The van der Waals surface area contributed by atoms with Crippen LogP contribution in [-0.4, -0.2) is 33.2 Å². The van der Waals surface area contributed by atoms with Crippen molar-refractivity contribution >= 4 is 87.2 Å². The third-order valence-corrected chi connectivity index (χ3v) is 17.4. The summed E-state index contributed by atoms with van der Waals surface area (Å²) in [6.07, 6.45) is 5.60. The number of hydrogen-bond donors (Lipinski definition) is 0. The SMILES string of the molecule is c1cc(-c2cc(-c3cccc(-n4c5ccccc5c5ccccc54)c3)ncn2)cc(-n2c3ccccc3c3ccccc32)c1.c1cc(-c2cncc(-c3cccc(-n4c5ccccc5c5ccccc54)c3)c2)cc(-n2c3ccccc3c3ccccc32)c1. The highest BCUT2D eigenvalue weighted by Crippen LogP contribution is 2.39. The Morgan fingerprint density at radius 2 is 0.432 bits per heavy atom. The molecule has 18 rings (SSSR count). The van der Waals surface area contributed by atoms with Gasteiger partial charge in [0.25, 0.3) is 0 Å². The Morgan fingerprint density at radius 3 is 0.705 bits per heavy atom. The van der Waals surface area contributed by atoms with Crippen LogP contribution in [0.3, 0.4) is 0 Å². The normalized spacial score (nSPS) is 11.6. The summed E-state index contributed by atoms with van der Waals surface area (Å²) >= 11 is 0. The second-order valence-corrected chi connectivity index (χ2v) is 22.4. The number of fused-ring (bicyclic) bond motifs is 12. The molecule has 0 saturated carbocycles. The summed E-state index contributed by atoms with van der Waals surface area (Å²) in [4.78, 5) is 14.1. The van der Waals surface area contributed by atoms with E-state index in [0.717, 1.165) is 67.5 Å². The Balaban J connectivity index is 0.000000137. The molecule has 0 radical (unpaired) electrons. The molecule has 0 spiro atoms. The van der Waals surface area contributed by atoms with Crippen LogP contribution >= 0.6 is 0 Å². The zero-order valence-electron chi connectivity index (χ0n) is 47.7. The summed E-state index contributed by atoms with van der Waals surface area (Å²) in [5.74, 6) is 0. The van der Waals surface area contributed by atoms with Crippen molar-refractivity contribution in [2.45, 2.75) is 0 Å². The van der Waals surface area contributed by atoms with Crippen LogP contribution < -0.4 is 0 Å². The highest BCUT2D eigenvalue weighted by molar-refractivity contribution is 6.12. The summed E-state index contributed by atoms with van der Waals surface area (Å²) in [6.45, 7) is 0. The van der Waals surface area contributed by atoms with E-state index in [0.29, 0.717) is 0 Å². The summed E-state index contributed by atoms with van der Waals surface area (Å²) in [6, 6.07) is 108. The predicted molar refractivity (Wildman–Crippen MR) is 365 cm³/mol. The van der Waals surface area contributed by atoms with Gasteiger partial charge >= 0.3 is 0 Å². The fourth-order valence-corrected chi connectivity index (χ4v) is 13.5. The average Bonchev–Trinajstić information content (AvgIpc) is 2.25. The monoisotopic (exact) mass is 1120 g/mol. The first-order chi connectivity index (χ1) is 43.7. The van der Waals surface area contributed by atoms with Crippen LogP contribution in [0, 0.1) is 0 Å². The first kappa shape index (κ1) is 50.6. The zero-order valence-corrected chi connectivity index (χ0v) is 47.7. The fraction of sp³-hybridized carbons (Fsp3) is 0. The maximum Gasteiger partial charge on any atom is 0.116 e. The van der Waals surface area contributed by atoms with Gasteiger partial charge in [0, 0.05) is 100 Å². The van der Waals surface area contributed by atoms with E-state index in [1.165, 1.54) is 87.2 Å². The van der Waals surface area contributed by atoms with E-state index in [-0.39, 0.29) is 0 Å². The summed E-state index contributed by atoms with van der Waals surface area (Å²) in [5, 5.41) is 10.1. The largest absolute Gasteiger partial charge is 0.309 e. The minimum absolute atomic E-state index is 0.889. The van der Waals surface area contributed by atoms with Gasteiger partial charge in [0.1, 0.15) is 6.33 Å². The standard InChI is InChI=1S/C41H27N3.C40H26N4/c1-5-19-38-34(15-1)35-16-2-6-20-39(35)43(38)32-13-9-11-28(24-32)30-23-31(27-42-26-30)29-12-10-14-33(25-29)44-40-21-7-3-17-36(40)37-18-4-8-22-41(37)44;1-5-19-37-31(15-1)32-16-2-6-20-38(32)43(37)29-13-9-11-27(23-29)35-25-36(42-26-41-35)28-12-10-14-30(24-28)44-39-21-7-3-17-33(39)34-18-4-8-22-40(34)44/h1-27H;1-26H. The second kappa shape index (κ2) is 21.0. The van der Waals surface area contributed by atoms with Crippen molar-refractivity contribution in [1.82, 2.24) is 33.2 Å². The lowest BCUT2D eigenvalue weighted by Gasteiger charge is -2.12. The van der Waals surface area contributed by atoms with Gasteiger partial charge in [-0.05, 0) is 120 Å². The van der Waals surface area contributed by atoms with E-state index in [9.17, 15) is 0 Å². The molecule has 0 aliphatic heterocycles. The van der Waals surface area contributed by atoms with E-state index in [1.54, 1.807) is 6.33 Å². The molecule has 0 N–H and O–H groups in total. The van der Waals surface area contributed by atoms with E-state index >= 15 is 0 Å². The van der Waals surface area contributed by atoms with Crippen LogP contribution in [0.1, 0.15) is 0 Å². The lowest BCUT2D eigenvalue weighted by atomic mass is 10.0. The maximum atomic E-state index is 4.71. The predicted octanol–water partition coefficient (Wildman–Crippen LogP) is 20.6. The van der Waals surface area contributed by atoms with E-state index < -0.39 is 0 Å². The fourth-order valence-electron chi connectivity index (χ4n) is 13.5. The van der Waals surface area contributed by atoms with Gasteiger partial charge in [-0.15, -0.1) is 0 Å². The van der Waals surface area contributed by atoms with Crippen LogP contribution in [0.25, 0.3) is 155 Å². The molecule has 0 aliphatic carbocycles. The Kier molecular flexibility index (Phi) is 12.1. The molecule has 7 nitrogen and oxygen atoms in total. The summed E-state index contributed by atoms with van der Waals surface area (Å²) in [5.41, 5.74) is 22.4. The van der Waals surface area contributed by atoms with Crippen LogP contribution in [0.5, 0.6) is 0 Å². The first-order valence-electron chi connectivity index (χ1n) is 29.8. The molecule has 6 heterocycles. The van der Waals surface area contributed by atoms with Crippen molar-refractivity contribution in [3.8, 4) is 67.5 Å². The Morgan fingerprint density at radius 1 is 0.193 bits per heavy atom. The molecule has 0 aliphatic rings. The van der Waals surface area contributed by atoms with Gasteiger partial charge in [-0.2, -0.15) is 0 Å². The third-order valence-electron chi connectivity index (χ3n) is 17.4. The van der Waals surface area contributed by atoms with Gasteiger partial charge in [0.2, 0.25) is 0 Å². The van der Waals surface area contributed by atoms with E-state index in [4.69, 9.17) is 15.0 Å². The molecule has 412 valence electrons. The molecular weight excluding hydrogens is 1070 g/mol. The molecule has 18 aromatic rings. The summed E-state index contributed by atoms with van der Waals surface area (Å²) in [7, 11) is 0. The highest BCUT2D eigenvalue weighted by atomic mass is 15.0. The van der Waals surface area contributed by atoms with Gasteiger partial charge in [0.15, 0.2) is 0 Å². The van der Waals surface area contributed by atoms with Gasteiger partial charge in [-0.3, -0.25) is 4.98 Å². The van der Waals surface area contributed by atoms with E-state index in [2.05, 4.69) is 322 Å². The number of benzene rings is 12. The molecule has 0 fully saturated rings.